The fourth-order valence-electron chi connectivity index (χ4n) is 2.06. The lowest BCUT2D eigenvalue weighted by molar-refractivity contribution is 0.0458. The van der Waals surface area contributed by atoms with E-state index in [9.17, 15) is 0 Å². The van der Waals surface area contributed by atoms with Crippen LogP contribution in [0.5, 0.6) is 5.75 Å². The molecule has 0 amide bonds. The predicted octanol–water partition coefficient (Wildman–Crippen LogP) is 3.63. The van der Waals surface area contributed by atoms with Gasteiger partial charge in [0, 0.05) is 11.8 Å². The molecule has 0 bridgehead atoms. The molecule has 19 heavy (non-hydrogen) atoms. The zero-order valence-electron chi connectivity index (χ0n) is 10.6. The number of para-hydroxylation sites is 1. The van der Waals surface area contributed by atoms with Crippen molar-refractivity contribution in [2.45, 2.75) is 19.1 Å². The molecule has 0 aliphatic carbocycles. The molecule has 0 radical (unpaired) electrons. The summed E-state index contributed by atoms with van der Waals surface area (Å²) in [7, 11) is 0. The van der Waals surface area contributed by atoms with E-state index in [0.29, 0.717) is 23.5 Å². The van der Waals surface area contributed by atoms with E-state index in [1.807, 2.05) is 37.3 Å². The molecule has 3 aromatic rings. The van der Waals surface area contributed by atoms with E-state index < -0.39 is 5.72 Å². The summed E-state index contributed by atoms with van der Waals surface area (Å²) in [6.45, 7) is 1.95. The van der Waals surface area contributed by atoms with Crippen LogP contribution in [0.3, 0.4) is 0 Å². The Morgan fingerprint density at radius 2 is 2.00 bits per heavy atom. The molecule has 0 saturated carbocycles. The van der Waals surface area contributed by atoms with Crippen molar-refractivity contribution in [3.63, 3.8) is 0 Å². The largest absolute Gasteiger partial charge is 0.464 e. The molecule has 0 aliphatic rings. The summed E-state index contributed by atoms with van der Waals surface area (Å²) in [6, 6.07) is 11.2. The summed E-state index contributed by atoms with van der Waals surface area (Å²) in [5.41, 5.74) is 5.99. The molecule has 1 unspecified atom stereocenters. The smallest absolute Gasteiger partial charge is 0.216 e. The molecule has 2 N–H and O–H groups in total. The van der Waals surface area contributed by atoms with Gasteiger partial charge in [-0.15, -0.1) is 0 Å². The zero-order valence-corrected chi connectivity index (χ0v) is 10.6. The summed E-state index contributed by atoms with van der Waals surface area (Å²) in [4.78, 5) is 0. The van der Waals surface area contributed by atoms with Crippen LogP contribution in [-0.2, 0) is 5.72 Å². The van der Waals surface area contributed by atoms with Crippen molar-refractivity contribution >= 4 is 11.0 Å². The summed E-state index contributed by atoms with van der Waals surface area (Å²) < 4.78 is 16.8. The third kappa shape index (κ3) is 2.00. The first kappa shape index (κ1) is 11.9. The Balaban J connectivity index is 2.01. The summed E-state index contributed by atoms with van der Waals surface area (Å²) in [5, 5.41) is 0.982. The Morgan fingerprint density at radius 3 is 2.74 bits per heavy atom. The van der Waals surface area contributed by atoms with E-state index in [0.717, 1.165) is 5.39 Å². The Kier molecular flexibility index (Phi) is 2.80. The van der Waals surface area contributed by atoms with Gasteiger partial charge in [0.1, 0.15) is 0 Å². The predicted molar refractivity (Wildman–Crippen MR) is 71.7 cm³/mol. The highest BCUT2D eigenvalue weighted by atomic mass is 16.5. The maximum Gasteiger partial charge on any atom is 0.216 e. The van der Waals surface area contributed by atoms with Gasteiger partial charge in [0.05, 0.1) is 12.5 Å². The van der Waals surface area contributed by atoms with Gasteiger partial charge in [-0.1, -0.05) is 19.1 Å². The SMILES string of the molecule is CCC(N)(Oc1cccc2ccoc12)c1ccco1. The first-order valence-electron chi connectivity index (χ1n) is 6.21. The number of benzene rings is 1. The molecular formula is C15H15NO3. The van der Waals surface area contributed by atoms with Crippen molar-refractivity contribution in [3.05, 3.63) is 54.7 Å². The second kappa shape index (κ2) is 4.48. The highest BCUT2D eigenvalue weighted by molar-refractivity contribution is 5.82. The van der Waals surface area contributed by atoms with E-state index in [1.165, 1.54) is 0 Å². The van der Waals surface area contributed by atoms with E-state index in [-0.39, 0.29) is 0 Å². The van der Waals surface area contributed by atoms with Crippen LogP contribution < -0.4 is 10.5 Å². The number of furan rings is 2. The fraction of sp³-hybridized carbons (Fsp3) is 0.200. The molecule has 1 aromatic carbocycles. The molecule has 1 atom stereocenters. The molecule has 4 nitrogen and oxygen atoms in total. The maximum atomic E-state index is 6.30. The standard InChI is InChI=1S/C15H15NO3/c1-2-15(16,13-7-4-9-17-13)19-12-6-3-5-11-8-10-18-14(11)12/h3-10H,2,16H2,1H3. The van der Waals surface area contributed by atoms with Gasteiger partial charge in [0.15, 0.2) is 17.1 Å². The number of nitrogens with two attached hydrogens (primary N) is 1. The first-order valence-corrected chi connectivity index (χ1v) is 6.21. The van der Waals surface area contributed by atoms with Gasteiger partial charge in [0.25, 0.3) is 0 Å². The van der Waals surface area contributed by atoms with Crippen molar-refractivity contribution in [1.29, 1.82) is 0 Å². The number of ether oxygens (including phenoxy) is 1. The molecule has 4 heteroatoms. The number of fused-ring (bicyclic) bond motifs is 1. The monoisotopic (exact) mass is 257 g/mol. The minimum Gasteiger partial charge on any atom is -0.464 e. The Morgan fingerprint density at radius 1 is 1.11 bits per heavy atom. The summed E-state index contributed by atoms with van der Waals surface area (Å²) in [5.74, 6) is 1.21. The van der Waals surface area contributed by atoms with Gasteiger partial charge in [-0.2, -0.15) is 0 Å². The Labute approximate surface area is 110 Å². The third-order valence-corrected chi connectivity index (χ3v) is 3.20. The molecule has 98 valence electrons. The highest BCUT2D eigenvalue weighted by Gasteiger charge is 2.31. The van der Waals surface area contributed by atoms with E-state index in [4.69, 9.17) is 19.3 Å². The van der Waals surface area contributed by atoms with Crippen LogP contribution in [0.25, 0.3) is 11.0 Å². The topological polar surface area (TPSA) is 61.5 Å². The lowest BCUT2D eigenvalue weighted by Gasteiger charge is -2.27. The lowest BCUT2D eigenvalue weighted by Crippen LogP contribution is -2.41. The average molecular weight is 257 g/mol. The normalized spacial score (nSPS) is 14.4. The number of hydrogen-bond donors (Lipinski definition) is 1. The minimum absolute atomic E-state index is 0.581. The first-order chi connectivity index (χ1) is 9.23. The van der Waals surface area contributed by atoms with Crippen LogP contribution in [0, 0.1) is 0 Å². The van der Waals surface area contributed by atoms with Crippen molar-refractivity contribution in [1.82, 2.24) is 0 Å². The molecular weight excluding hydrogens is 242 g/mol. The van der Waals surface area contributed by atoms with E-state index >= 15 is 0 Å². The van der Waals surface area contributed by atoms with Crippen LogP contribution in [0.15, 0.2) is 57.8 Å². The van der Waals surface area contributed by atoms with Gasteiger partial charge in [-0.25, -0.2) is 0 Å². The van der Waals surface area contributed by atoms with Crippen molar-refractivity contribution < 1.29 is 13.6 Å². The van der Waals surface area contributed by atoms with Crippen LogP contribution in [0.2, 0.25) is 0 Å². The fourth-order valence-corrected chi connectivity index (χ4v) is 2.06. The number of hydrogen-bond acceptors (Lipinski definition) is 4. The van der Waals surface area contributed by atoms with Gasteiger partial charge in [-0.3, -0.25) is 5.73 Å². The van der Waals surface area contributed by atoms with Gasteiger partial charge < -0.3 is 13.6 Å². The zero-order chi connectivity index (χ0) is 13.3. The van der Waals surface area contributed by atoms with E-state index in [1.54, 1.807) is 18.6 Å². The quantitative estimate of drug-likeness (QED) is 0.725. The Hall–Kier alpha value is -2.20. The summed E-state index contributed by atoms with van der Waals surface area (Å²) in [6.07, 6.45) is 3.80. The summed E-state index contributed by atoms with van der Waals surface area (Å²) >= 11 is 0. The third-order valence-electron chi connectivity index (χ3n) is 3.20. The van der Waals surface area contributed by atoms with Crippen LogP contribution in [0.4, 0.5) is 0 Å². The lowest BCUT2D eigenvalue weighted by atomic mass is 10.1. The molecule has 0 fully saturated rings. The molecule has 0 aliphatic heterocycles. The van der Waals surface area contributed by atoms with Crippen LogP contribution in [-0.4, -0.2) is 0 Å². The molecule has 3 rings (SSSR count). The Bertz CT molecular complexity index is 672. The maximum absolute atomic E-state index is 6.30. The van der Waals surface area contributed by atoms with Crippen LogP contribution >= 0.6 is 0 Å². The highest BCUT2D eigenvalue weighted by Crippen LogP contribution is 2.32. The van der Waals surface area contributed by atoms with E-state index in [2.05, 4.69) is 0 Å². The molecule has 2 heterocycles. The van der Waals surface area contributed by atoms with Gasteiger partial charge in [0.2, 0.25) is 5.72 Å². The van der Waals surface area contributed by atoms with Crippen LogP contribution in [0.1, 0.15) is 19.1 Å². The minimum atomic E-state index is -0.995. The average Bonchev–Trinajstić information content (AvgIpc) is 3.10. The second-order valence-electron chi connectivity index (χ2n) is 4.42. The molecule has 2 aromatic heterocycles. The van der Waals surface area contributed by atoms with Gasteiger partial charge >= 0.3 is 0 Å². The van der Waals surface area contributed by atoms with Crippen molar-refractivity contribution in [2.75, 3.05) is 0 Å². The molecule has 0 spiro atoms. The second-order valence-corrected chi connectivity index (χ2v) is 4.42. The van der Waals surface area contributed by atoms with Crippen molar-refractivity contribution in [3.8, 4) is 5.75 Å². The molecule has 0 saturated heterocycles. The van der Waals surface area contributed by atoms with Crippen molar-refractivity contribution in [2.24, 2.45) is 5.73 Å². The number of rotatable bonds is 4. The van der Waals surface area contributed by atoms with Gasteiger partial charge in [-0.05, 0) is 24.3 Å².